The van der Waals surface area contributed by atoms with Crippen LogP contribution in [-0.4, -0.2) is 43.0 Å². The summed E-state index contributed by atoms with van der Waals surface area (Å²) in [5.41, 5.74) is -6.36. The minimum absolute atomic E-state index is 0.684. The van der Waals surface area contributed by atoms with Crippen LogP contribution in [0.5, 0.6) is 0 Å². The second-order valence-electron chi connectivity index (χ2n) is 6.86. The van der Waals surface area contributed by atoms with Crippen molar-refractivity contribution in [2.45, 2.75) is 63.5 Å². The number of ether oxygens (including phenoxy) is 1. The quantitative estimate of drug-likeness (QED) is 0.294. The Morgan fingerprint density at radius 2 is 1.13 bits per heavy atom. The number of halogens is 13. The Bertz CT molecular complexity index is 545. The standard InChI is InChI=1S/C15H17F13O2/c1-7(6-30-8(2)29)3-9(12(17,18)19)4-10(13(20,21)22)5-11(16,14(23,24)25)15(26,27)28/h7,9-10H,3-6H2,1-2H3. The fourth-order valence-electron chi connectivity index (χ4n) is 2.58. The Kier molecular flexibility index (Phi) is 8.92. The van der Waals surface area contributed by atoms with Gasteiger partial charge in [0.15, 0.2) is 0 Å². The molecule has 0 saturated heterocycles. The summed E-state index contributed by atoms with van der Waals surface area (Å²) in [5, 5.41) is 0. The summed E-state index contributed by atoms with van der Waals surface area (Å²) in [4.78, 5) is 10.6. The van der Waals surface area contributed by atoms with Crippen LogP contribution >= 0.6 is 0 Å². The van der Waals surface area contributed by atoms with Crippen molar-refractivity contribution in [1.82, 2.24) is 0 Å². The lowest BCUT2D eigenvalue weighted by Gasteiger charge is -2.35. The lowest BCUT2D eigenvalue weighted by molar-refractivity contribution is -0.353. The molecule has 3 atom stereocenters. The van der Waals surface area contributed by atoms with Crippen LogP contribution in [0.4, 0.5) is 57.1 Å². The number of hydrogen-bond acceptors (Lipinski definition) is 2. The maximum absolute atomic E-state index is 13.7. The second-order valence-corrected chi connectivity index (χ2v) is 6.86. The zero-order valence-electron chi connectivity index (χ0n) is 15.3. The third-order valence-corrected chi connectivity index (χ3v) is 4.18. The molecule has 180 valence electrons. The van der Waals surface area contributed by atoms with Crippen molar-refractivity contribution in [3.63, 3.8) is 0 Å². The molecule has 0 aromatic heterocycles. The van der Waals surface area contributed by atoms with E-state index in [1.54, 1.807) is 0 Å². The molecular weight excluding hydrogens is 459 g/mol. The van der Waals surface area contributed by atoms with Gasteiger partial charge in [-0.3, -0.25) is 4.79 Å². The first-order chi connectivity index (χ1) is 13.0. The number of rotatable bonds is 8. The first-order valence-electron chi connectivity index (χ1n) is 8.11. The van der Waals surface area contributed by atoms with Gasteiger partial charge < -0.3 is 4.74 Å². The molecule has 0 aromatic rings. The molecule has 0 fully saturated rings. The van der Waals surface area contributed by atoms with Crippen molar-refractivity contribution >= 4 is 5.97 Å². The van der Waals surface area contributed by atoms with E-state index < -0.39 is 80.0 Å². The van der Waals surface area contributed by atoms with Gasteiger partial charge in [0.1, 0.15) is 0 Å². The Morgan fingerprint density at radius 3 is 1.43 bits per heavy atom. The molecule has 0 rings (SSSR count). The van der Waals surface area contributed by atoms with Crippen LogP contribution in [0, 0.1) is 17.8 Å². The average molecular weight is 476 g/mol. The van der Waals surface area contributed by atoms with Crippen molar-refractivity contribution in [2.75, 3.05) is 6.61 Å². The van der Waals surface area contributed by atoms with E-state index in [0.29, 0.717) is 0 Å². The van der Waals surface area contributed by atoms with E-state index >= 15 is 0 Å². The molecule has 0 saturated carbocycles. The molecule has 0 aliphatic heterocycles. The Morgan fingerprint density at radius 1 is 0.733 bits per heavy atom. The van der Waals surface area contributed by atoms with Gasteiger partial charge in [-0.15, -0.1) is 0 Å². The Hall–Kier alpha value is -1.44. The molecule has 0 aromatic carbocycles. The van der Waals surface area contributed by atoms with E-state index in [9.17, 15) is 61.9 Å². The van der Waals surface area contributed by atoms with Gasteiger partial charge in [0.25, 0.3) is 5.67 Å². The van der Waals surface area contributed by atoms with Gasteiger partial charge in [0.05, 0.1) is 18.4 Å². The summed E-state index contributed by atoms with van der Waals surface area (Å²) in [5.74, 6) is -9.11. The van der Waals surface area contributed by atoms with Crippen LogP contribution in [0.3, 0.4) is 0 Å². The van der Waals surface area contributed by atoms with Crippen LogP contribution in [0.15, 0.2) is 0 Å². The maximum atomic E-state index is 13.7. The van der Waals surface area contributed by atoms with E-state index in [0.717, 1.165) is 13.8 Å². The molecule has 15 heteroatoms. The highest BCUT2D eigenvalue weighted by molar-refractivity contribution is 5.65. The minimum Gasteiger partial charge on any atom is -0.466 e. The zero-order chi connectivity index (χ0) is 24.3. The third kappa shape index (κ3) is 8.00. The van der Waals surface area contributed by atoms with Crippen molar-refractivity contribution < 1.29 is 66.6 Å². The van der Waals surface area contributed by atoms with Gasteiger partial charge in [0.2, 0.25) is 0 Å². The molecule has 2 nitrogen and oxygen atoms in total. The van der Waals surface area contributed by atoms with E-state index in [1.165, 1.54) is 0 Å². The Labute approximate surface area is 161 Å². The summed E-state index contributed by atoms with van der Waals surface area (Å²) in [7, 11) is 0. The van der Waals surface area contributed by atoms with Gasteiger partial charge in [-0.2, -0.15) is 52.7 Å². The van der Waals surface area contributed by atoms with Crippen LogP contribution in [0.1, 0.15) is 33.1 Å². The number of carbonyl (C=O) groups excluding carboxylic acids is 1. The van der Waals surface area contributed by atoms with Crippen molar-refractivity contribution in [3.8, 4) is 0 Å². The average Bonchev–Trinajstić information content (AvgIpc) is 2.46. The van der Waals surface area contributed by atoms with Gasteiger partial charge in [-0.1, -0.05) is 6.92 Å². The van der Waals surface area contributed by atoms with E-state index in [1.807, 2.05) is 0 Å². The second kappa shape index (κ2) is 9.37. The topological polar surface area (TPSA) is 26.3 Å². The lowest BCUT2D eigenvalue weighted by atomic mass is 9.81. The molecule has 0 bridgehead atoms. The van der Waals surface area contributed by atoms with Crippen LogP contribution in [-0.2, 0) is 9.53 Å². The van der Waals surface area contributed by atoms with Gasteiger partial charge in [-0.05, 0) is 18.8 Å². The summed E-state index contributed by atoms with van der Waals surface area (Å²) in [6, 6.07) is 0. The normalized spacial score (nSPS) is 17.4. The van der Waals surface area contributed by atoms with E-state index in [4.69, 9.17) is 0 Å². The van der Waals surface area contributed by atoms with Crippen LogP contribution in [0.25, 0.3) is 0 Å². The number of alkyl halides is 13. The monoisotopic (exact) mass is 476 g/mol. The fraction of sp³-hybridized carbons (Fsp3) is 0.933. The fourth-order valence-corrected chi connectivity index (χ4v) is 2.58. The zero-order valence-corrected chi connectivity index (χ0v) is 15.3. The van der Waals surface area contributed by atoms with Crippen LogP contribution < -0.4 is 0 Å². The summed E-state index contributed by atoms with van der Waals surface area (Å²) in [6.45, 7) is 1.20. The highest BCUT2D eigenvalue weighted by atomic mass is 19.4. The molecule has 0 spiro atoms. The Balaban J connectivity index is 5.87. The summed E-state index contributed by atoms with van der Waals surface area (Å²) in [6.07, 6.45) is -31.9. The molecule has 0 N–H and O–H groups in total. The van der Waals surface area contributed by atoms with E-state index in [2.05, 4.69) is 4.74 Å². The molecule has 0 amide bonds. The summed E-state index contributed by atoms with van der Waals surface area (Å²) < 4.78 is 172. The van der Waals surface area contributed by atoms with E-state index in [-0.39, 0.29) is 0 Å². The highest BCUT2D eigenvalue weighted by Gasteiger charge is 2.74. The van der Waals surface area contributed by atoms with Crippen molar-refractivity contribution in [1.29, 1.82) is 0 Å². The first-order valence-corrected chi connectivity index (χ1v) is 8.11. The number of carbonyl (C=O) groups is 1. The molecule has 0 radical (unpaired) electrons. The van der Waals surface area contributed by atoms with Crippen LogP contribution in [0.2, 0.25) is 0 Å². The number of esters is 1. The van der Waals surface area contributed by atoms with Gasteiger partial charge in [-0.25, -0.2) is 4.39 Å². The largest absolute Gasteiger partial charge is 0.466 e. The molecule has 30 heavy (non-hydrogen) atoms. The maximum Gasteiger partial charge on any atom is 0.431 e. The SMILES string of the molecule is CC(=O)OCC(C)CC(CC(CC(F)(C(F)(F)F)C(F)(F)F)C(F)(F)F)C(F)(F)F. The smallest absolute Gasteiger partial charge is 0.431 e. The molecular formula is C15H17F13O2. The highest BCUT2D eigenvalue weighted by Crippen LogP contribution is 2.53. The predicted molar refractivity (Wildman–Crippen MR) is 74.7 cm³/mol. The molecule has 0 aliphatic rings. The van der Waals surface area contributed by atoms with Gasteiger partial charge in [0, 0.05) is 13.3 Å². The minimum atomic E-state index is -6.84. The molecule has 3 unspecified atom stereocenters. The molecule has 0 aliphatic carbocycles. The first kappa shape index (κ1) is 28.6. The van der Waals surface area contributed by atoms with Gasteiger partial charge >= 0.3 is 30.7 Å². The summed E-state index contributed by atoms with van der Waals surface area (Å²) >= 11 is 0. The lowest BCUT2D eigenvalue weighted by Crippen LogP contribution is -2.55. The molecule has 0 heterocycles. The third-order valence-electron chi connectivity index (χ3n) is 4.18. The predicted octanol–water partition coefficient (Wildman–Crippen LogP) is 6.55. The van der Waals surface area contributed by atoms with Crippen molar-refractivity contribution in [2.24, 2.45) is 17.8 Å². The van der Waals surface area contributed by atoms with Crippen molar-refractivity contribution in [3.05, 3.63) is 0 Å². The number of hydrogen-bond donors (Lipinski definition) is 0.